The highest BCUT2D eigenvalue weighted by atomic mass is 32.2. The molecule has 1 aliphatic heterocycles. The van der Waals surface area contributed by atoms with Crippen LogP contribution in [0.4, 0.5) is 11.4 Å². The van der Waals surface area contributed by atoms with Crippen molar-refractivity contribution in [3.8, 4) is 0 Å². The second-order valence-electron chi connectivity index (χ2n) is 5.78. The standard InChI is InChI=1S/C14H22N4O4S/c1-16-7-4-11-5-8-17(9-6-11)13-3-2-12(23(15,21)22)10-14(13)18(19)20/h2-3,10-11,16H,4-9H2,1H3,(H2,15,21,22). The van der Waals surface area contributed by atoms with Crippen LogP contribution >= 0.6 is 0 Å². The Kier molecular flexibility index (Phi) is 5.55. The minimum atomic E-state index is -3.96. The zero-order valence-electron chi connectivity index (χ0n) is 13.1. The molecule has 1 saturated heterocycles. The van der Waals surface area contributed by atoms with Crippen molar-refractivity contribution in [1.29, 1.82) is 0 Å². The van der Waals surface area contributed by atoms with Crippen molar-refractivity contribution in [3.63, 3.8) is 0 Å². The van der Waals surface area contributed by atoms with E-state index < -0.39 is 14.9 Å². The van der Waals surface area contributed by atoms with Gasteiger partial charge in [-0.05, 0) is 50.9 Å². The van der Waals surface area contributed by atoms with Crippen molar-refractivity contribution in [2.45, 2.75) is 24.2 Å². The maximum Gasteiger partial charge on any atom is 0.293 e. The van der Waals surface area contributed by atoms with Crippen LogP contribution in [0.25, 0.3) is 0 Å². The Hall–Kier alpha value is -1.71. The summed E-state index contributed by atoms with van der Waals surface area (Å²) < 4.78 is 22.7. The summed E-state index contributed by atoms with van der Waals surface area (Å²) in [4.78, 5) is 12.4. The summed E-state index contributed by atoms with van der Waals surface area (Å²) in [6.07, 6.45) is 3.03. The molecule has 0 radical (unpaired) electrons. The summed E-state index contributed by atoms with van der Waals surface area (Å²) >= 11 is 0. The zero-order valence-corrected chi connectivity index (χ0v) is 13.9. The zero-order chi connectivity index (χ0) is 17.0. The van der Waals surface area contributed by atoms with E-state index in [1.165, 1.54) is 12.1 Å². The predicted molar refractivity (Wildman–Crippen MR) is 88.0 cm³/mol. The van der Waals surface area contributed by atoms with E-state index in [-0.39, 0.29) is 10.6 Å². The number of nitrogens with one attached hydrogen (secondary N) is 1. The van der Waals surface area contributed by atoms with Gasteiger partial charge in [-0.3, -0.25) is 10.1 Å². The molecule has 0 unspecified atom stereocenters. The summed E-state index contributed by atoms with van der Waals surface area (Å²) in [5.41, 5.74) is 0.236. The van der Waals surface area contributed by atoms with Gasteiger partial charge in [0.2, 0.25) is 10.0 Å². The van der Waals surface area contributed by atoms with Gasteiger partial charge in [0.05, 0.1) is 9.82 Å². The lowest BCUT2D eigenvalue weighted by Gasteiger charge is -2.33. The molecule has 2 rings (SSSR count). The van der Waals surface area contributed by atoms with E-state index >= 15 is 0 Å². The van der Waals surface area contributed by atoms with E-state index in [9.17, 15) is 18.5 Å². The number of nitro groups is 1. The number of sulfonamides is 1. The minimum Gasteiger partial charge on any atom is -0.366 e. The number of hydrogen-bond acceptors (Lipinski definition) is 6. The summed E-state index contributed by atoms with van der Waals surface area (Å²) in [6, 6.07) is 3.84. The van der Waals surface area contributed by atoms with Crippen molar-refractivity contribution in [1.82, 2.24) is 5.32 Å². The first-order valence-electron chi connectivity index (χ1n) is 7.53. The van der Waals surface area contributed by atoms with Gasteiger partial charge < -0.3 is 10.2 Å². The molecule has 1 heterocycles. The minimum absolute atomic E-state index is 0.217. The van der Waals surface area contributed by atoms with E-state index in [4.69, 9.17) is 5.14 Å². The topological polar surface area (TPSA) is 119 Å². The fourth-order valence-corrected chi connectivity index (χ4v) is 3.44. The quantitative estimate of drug-likeness (QED) is 0.589. The molecule has 1 aromatic carbocycles. The van der Waals surface area contributed by atoms with E-state index in [2.05, 4.69) is 5.32 Å². The molecule has 128 valence electrons. The number of nitro benzene ring substituents is 1. The average Bonchev–Trinajstić information content (AvgIpc) is 2.52. The smallest absolute Gasteiger partial charge is 0.293 e. The van der Waals surface area contributed by atoms with Gasteiger partial charge in [-0.1, -0.05) is 0 Å². The number of nitrogens with zero attached hydrogens (tertiary/aromatic N) is 2. The third kappa shape index (κ3) is 4.40. The average molecular weight is 342 g/mol. The summed E-state index contributed by atoms with van der Waals surface area (Å²) in [7, 11) is -2.03. The van der Waals surface area contributed by atoms with Crippen LogP contribution in [0.3, 0.4) is 0 Å². The van der Waals surface area contributed by atoms with Crippen molar-refractivity contribution >= 4 is 21.4 Å². The van der Waals surface area contributed by atoms with Gasteiger partial charge in [0, 0.05) is 19.2 Å². The largest absolute Gasteiger partial charge is 0.366 e. The second kappa shape index (κ2) is 7.24. The Morgan fingerprint density at radius 2 is 2.04 bits per heavy atom. The predicted octanol–water partition coefficient (Wildman–Crippen LogP) is 1.07. The highest BCUT2D eigenvalue weighted by Gasteiger charge is 2.26. The molecule has 1 aliphatic rings. The van der Waals surface area contributed by atoms with Crippen molar-refractivity contribution in [2.75, 3.05) is 31.6 Å². The van der Waals surface area contributed by atoms with Gasteiger partial charge in [0.15, 0.2) is 0 Å². The fourth-order valence-electron chi connectivity index (χ4n) is 2.90. The number of rotatable bonds is 6. The van der Waals surface area contributed by atoms with E-state index in [0.717, 1.165) is 45.0 Å². The summed E-state index contributed by atoms with van der Waals surface area (Å²) in [5.74, 6) is 0.612. The summed E-state index contributed by atoms with van der Waals surface area (Å²) in [5, 5.41) is 19.5. The Balaban J connectivity index is 2.19. The van der Waals surface area contributed by atoms with Crippen molar-refractivity contribution in [3.05, 3.63) is 28.3 Å². The molecule has 0 saturated carbocycles. The monoisotopic (exact) mass is 342 g/mol. The highest BCUT2D eigenvalue weighted by molar-refractivity contribution is 7.89. The number of primary sulfonamides is 1. The number of benzene rings is 1. The molecule has 1 aromatic rings. The molecule has 0 spiro atoms. The Morgan fingerprint density at radius 1 is 1.39 bits per heavy atom. The van der Waals surface area contributed by atoms with Crippen LogP contribution in [-0.2, 0) is 10.0 Å². The lowest BCUT2D eigenvalue weighted by Crippen LogP contribution is -2.34. The molecule has 0 atom stereocenters. The van der Waals surface area contributed by atoms with E-state index in [0.29, 0.717) is 11.6 Å². The van der Waals surface area contributed by atoms with Gasteiger partial charge >= 0.3 is 0 Å². The lowest BCUT2D eigenvalue weighted by atomic mass is 9.93. The molecule has 3 N–H and O–H groups in total. The molecule has 8 nitrogen and oxygen atoms in total. The van der Waals surface area contributed by atoms with Crippen LogP contribution in [0.15, 0.2) is 23.1 Å². The Labute approximate surface area is 135 Å². The van der Waals surface area contributed by atoms with Gasteiger partial charge in [0.25, 0.3) is 5.69 Å². The molecule has 23 heavy (non-hydrogen) atoms. The lowest BCUT2D eigenvalue weighted by molar-refractivity contribution is -0.384. The highest BCUT2D eigenvalue weighted by Crippen LogP contribution is 2.33. The molecule has 0 aliphatic carbocycles. The molecule has 0 bridgehead atoms. The second-order valence-corrected chi connectivity index (χ2v) is 7.34. The number of anilines is 1. The molecule has 0 amide bonds. The maximum absolute atomic E-state index is 11.4. The fraction of sp³-hybridized carbons (Fsp3) is 0.571. The van der Waals surface area contributed by atoms with Crippen LogP contribution in [0.2, 0.25) is 0 Å². The molecule has 0 aromatic heterocycles. The third-order valence-corrected chi connectivity index (χ3v) is 5.14. The van der Waals surface area contributed by atoms with E-state index in [1.54, 1.807) is 0 Å². The number of hydrogen-bond donors (Lipinski definition) is 2. The summed E-state index contributed by atoms with van der Waals surface area (Å²) in [6.45, 7) is 2.42. The van der Waals surface area contributed by atoms with Crippen molar-refractivity contribution in [2.24, 2.45) is 11.1 Å². The first-order valence-corrected chi connectivity index (χ1v) is 9.08. The molecular weight excluding hydrogens is 320 g/mol. The van der Waals surface area contributed by atoms with Crippen LogP contribution in [0.5, 0.6) is 0 Å². The first kappa shape index (κ1) is 17.6. The van der Waals surface area contributed by atoms with E-state index in [1.807, 2.05) is 11.9 Å². The maximum atomic E-state index is 11.4. The van der Waals surface area contributed by atoms with Crippen molar-refractivity contribution < 1.29 is 13.3 Å². The van der Waals surface area contributed by atoms with Gasteiger partial charge in [-0.15, -0.1) is 0 Å². The van der Waals surface area contributed by atoms with Gasteiger partial charge in [0.1, 0.15) is 5.69 Å². The Morgan fingerprint density at radius 3 is 2.57 bits per heavy atom. The SMILES string of the molecule is CNCCC1CCN(c2ccc(S(N)(=O)=O)cc2[N+](=O)[O-])CC1. The molecule has 1 fully saturated rings. The first-order chi connectivity index (χ1) is 10.8. The van der Waals surface area contributed by atoms with Gasteiger partial charge in [-0.2, -0.15) is 0 Å². The van der Waals surface area contributed by atoms with Crippen LogP contribution in [0.1, 0.15) is 19.3 Å². The van der Waals surface area contributed by atoms with Crippen LogP contribution < -0.4 is 15.4 Å². The van der Waals surface area contributed by atoms with Gasteiger partial charge in [-0.25, -0.2) is 13.6 Å². The molecule has 9 heteroatoms. The van der Waals surface area contributed by atoms with Crippen LogP contribution in [0, 0.1) is 16.0 Å². The van der Waals surface area contributed by atoms with Crippen LogP contribution in [-0.4, -0.2) is 40.0 Å². The number of piperidine rings is 1. The number of nitrogens with two attached hydrogens (primary N) is 1. The Bertz CT molecular complexity index is 669. The molecular formula is C14H22N4O4S. The third-order valence-electron chi connectivity index (χ3n) is 4.23. The normalized spacial score (nSPS) is 16.5.